The van der Waals surface area contributed by atoms with Gasteiger partial charge in [-0.05, 0) is 49.9 Å². The van der Waals surface area contributed by atoms with Crippen LogP contribution in [-0.4, -0.2) is 48.6 Å². The summed E-state index contributed by atoms with van der Waals surface area (Å²) in [5.74, 6) is 1.43. The number of nitrogens with zero attached hydrogens (tertiary/aromatic N) is 3. The van der Waals surface area contributed by atoms with Crippen LogP contribution >= 0.6 is 11.6 Å². The summed E-state index contributed by atoms with van der Waals surface area (Å²) in [4.78, 5) is 25.6. The Morgan fingerprint density at radius 3 is 2.62 bits per heavy atom. The van der Waals surface area contributed by atoms with Crippen molar-refractivity contribution in [2.75, 3.05) is 28.7 Å². The lowest BCUT2D eigenvalue weighted by atomic mass is 9.85. The number of benzene rings is 1. The Kier molecular flexibility index (Phi) is 7.73. The van der Waals surface area contributed by atoms with Gasteiger partial charge in [-0.25, -0.2) is 8.42 Å². The molecule has 0 radical (unpaired) electrons. The highest BCUT2D eigenvalue weighted by Crippen LogP contribution is 2.27. The number of hydrogen-bond acceptors (Lipinski definition) is 8. The van der Waals surface area contributed by atoms with Crippen molar-refractivity contribution in [3.8, 4) is 0 Å². The number of nitrogens with one attached hydrogen (secondary N) is 4. The third kappa shape index (κ3) is 7.20. The Morgan fingerprint density at radius 1 is 1.16 bits per heavy atom. The maximum absolute atomic E-state index is 12.8. The van der Waals surface area contributed by atoms with Crippen molar-refractivity contribution in [2.45, 2.75) is 45.2 Å². The second kappa shape index (κ2) is 10.3. The molecule has 1 aliphatic carbocycles. The minimum absolute atomic E-state index is 0.0446. The predicted octanol–water partition coefficient (Wildman–Crippen LogP) is 2.53. The summed E-state index contributed by atoms with van der Waals surface area (Å²) in [6.07, 6.45) is 4.39. The molecule has 12 heteroatoms. The normalized spacial score (nSPS) is 18.6. The van der Waals surface area contributed by atoms with E-state index in [1.807, 2.05) is 0 Å². The van der Waals surface area contributed by atoms with E-state index in [0.717, 1.165) is 25.5 Å². The molecule has 1 fully saturated rings. The molecule has 1 amide bonds. The number of amides is 1. The number of hydrogen-bond donors (Lipinski definition) is 4. The van der Waals surface area contributed by atoms with Crippen molar-refractivity contribution in [2.24, 2.45) is 5.92 Å². The Hall–Kier alpha value is -2.66. The van der Waals surface area contributed by atoms with Crippen molar-refractivity contribution in [1.29, 1.82) is 0 Å². The van der Waals surface area contributed by atoms with E-state index >= 15 is 0 Å². The molecule has 0 spiro atoms. The molecule has 0 bridgehead atoms. The van der Waals surface area contributed by atoms with Crippen molar-refractivity contribution in [1.82, 2.24) is 20.3 Å². The van der Waals surface area contributed by atoms with Gasteiger partial charge in [0, 0.05) is 30.6 Å². The Balaban J connectivity index is 1.58. The number of carbonyl (C=O) groups is 1. The predicted molar refractivity (Wildman–Crippen MR) is 125 cm³/mol. The van der Waals surface area contributed by atoms with Crippen molar-refractivity contribution in [3.05, 3.63) is 34.6 Å². The lowest BCUT2D eigenvalue weighted by molar-refractivity contribution is -0.126. The summed E-state index contributed by atoms with van der Waals surface area (Å²) in [7, 11) is -1.67. The molecule has 0 aliphatic heterocycles. The summed E-state index contributed by atoms with van der Waals surface area (Å²) in [5, 5.41) is 9.57. The summed E-state index contributed by atoms with van der Waals surface area (Å²) in [6.45, 7) is 2.06. The van der Waals surface area contributed by atoms with Crippen LogP contribution in [0.15, 0.2) is 18.2 Å². The average Bonchev–Trinajstić information content (AvgIpc) is 2.70. The highest BCUT2D eigenvalue weighted by molar-refractivity contribution is 7.92. The fraction of sp³-hybridized carbons (Fsp3) is 0.500. The van der Waals surface area contributed by atoms with Gasteiger partial charge in [0.2, 0.25) is 27.8 Å². The minimum Gasteiger partial charge on any atom is -0.357 e. The highest BCUT2D eigenvalue weighted by atomic mass is 35.5. The van der Waals surface area contributed by atoms with Crippen LogP contribution in [0.25, 0.3) is 0 Å². The zero-order chi connectivity index (χ0) is 23.3. The molecule has 2 aromatic rings. The molecule has 1 aliphatic rings. The fourth-order valence-corrected chi connectivity index (χ4v) is 4.56. The van der Waals surface area contributed by atoms with Gasteiger partial charge in [0.1, 0.15) is 5.82 Å². The molecule has 1 aromatic carbocycles. The molecule has 174 valence electrons. The highest BCUT2D eigenvalue weighted by Gasteiger charge is 2.27. The standard InChI is InChI=1S/C20H28ClN7O3S/c1-12-24-19(22-2)27-20(25-12)26-16-6-4-5-14(9-16)18(29)23-11-13-7-15(21)10-17(8-13)28-32(3,30)31/h7-8,10,14,16,28H,4-6,9,11H2,1-3H3,(H,23,29)(H2,22,24,25,26,27)/t14-,16+/m0/s1. The van der Waals surface area contributed by atoms with Crippen LogP contribution < -0.4 is 20.7 Å². The summed E-state index contributed by atoms with van der Waals surface area (Å²) in [5.41, 5.74) is 1.07. The van der Waals surface area contributed by atoms with Gasteiger partial charge in [-0.2, -0.15) is 15.0 Å². The molecule has 0 unspecified atom stereocenters. The van der Waals surface area contributed by atoms with E-state index in [1.54, 1.807) is 26.1 Å². The van der Waals surface area contributed by atoms with Crippen LogP contribution in [0.3, 0.4) is 0 Å². The molecule has 1 heterocycles. The van der Waals surface area contributed by atoms with E-state index in [9.17, 15) is 13.2 Å². The largest absolute Gasteiger partial charge is 0.357 e. The molecule has 2 atom stereocenters. The SMILES string of the molecule is CNc1nc(C)nc(N[C@@H]2CCC[C@H](C(=O)NCc3cc(Cl)cc(NS(C)(=O)=O)c3)C2)n1. The molecule has 32 heavy (non-hydrogen) atoms. The van der Waals surface area contributed by atoms with Crippen LogP contribution in [0, 0.1) is 12.8 Å². The second-order valence-electron chi connectivity index (χ2n) is 7.92. The number of aromatic nitrogens is 3. The van der Waals surface area contributed by atoms with Gasteiger partial charge < -0.3 is 16.0 Å². The van der Waals surface area contributed by atoms with E-state index < -0.39 is 10.0 Å². The van der Waals surface area contributed by atoms with Gasteiger partial charge in [-0.15, -0.1) is 0 Å². The number of rotatable bonds is 8. The van der Waals surface area contributed by atoms with Crippen LogP contribution in [0.4, 0.5) is 17.6 Å². The number of sulfonamides is 1. The van der Waals surface area contributed by atoms with Gasteiger partial charge in [0.15, 0.2) is 0 Å². The number of halogens is 1. The van der Waals surface area contributed by atoms with Gasteiger partial charge >= 0.3 is 0 Å². The quantitative estimate of drug-likeness (QED) is 0.451. The maximum atomic E-state index is 12.8. The molecule has 1 saturated carbocycles. The fourth-order valence-electron chi connectivity index (χ4n) is 3.76. The van der Waals surface area contributed by atoms with Crippen molar-refractivity contribution >= 4 is 45.1 Å². The molecular weight excluding hydrogens is 454 g/mol. The van der Waals surface area contributed by atoms with E-state index in [2.05, 4.69) is 35.6 Å². The smallest absolute Gasteiger partial charge is 0.229 e. The number of carbonyl (C=O) groups excluding carboxylic acids is 1. The van der Waals surface area contributed by atoms with Crippen molar-refractivity contribution in [3.63, 3.8) is 0 Å². The zero-order valence-corrected chi connectivity index (χ0v) is 19.8. The lowest BCUT2D eigenvalue weighted by Gasteiger charge is -2.29. The van der Waals surface area contributed by atoms with E-state index in [4.69, 9.17) is 11.6 Å². The van der Waals surface area contributed by atoms with E-state index in [0.29, 0.717) is 40.4 Å². The summed E-state index contributed by atoms with van der Waals surface area (Å²) < 4.78 is 25.3. The first-order chi connectivity index (χ1) is 15.1. The third-order valence-corrected chi connectivity index (χ3v) is 5.90. The van der Waals surface area contributed by atoms with Crippen molar-refractivity contribution < 1.29 is 13.2 Å². The van der Waals surface area contributed by atoms with Gasteiger partial charge in [-0.1, -0.05) is 18.0 Å². The Bertz CT molecular complexity index is 1080. The lowest BCUT2D eigenvalue weighted by Crippen LogP contribution is -2.37. The maximum Gasteiger partial charge on any atom is 0.229 e. The first-order valence-electron chi connectivity index (χ1n) is 10.3. The number of aryl methyl sites for hydroxylation is 1. The molecular formula is C20H28ClN7O3S. The van der Waals surface area contributed by atoms with E-state index in [1.165, 1.54) is 6.07 Å². The Labute approximate surface area is 193 Å². The first kappa shape index (κ1) is 24.0. The van der Waals surface area contributed by atoms with Gasteiger partial charge in [0.25, 0.3) is 0 Å². The minimum atomic E-state index is -3.42. The van der Waals surface area contributed by atoms with Crippen LogP contribution in [0.2, 0.25) is 5.02 Å². The summed E-state index contributed by atoms with van der Waals surface area (Å²) in [6, 6.07) is 4.96. The van der Waals surface area contributed by atoms with Gasteiger partial charge in [-0.3, -0.25) is 9.52 Å². The zero-order valence-electron chi connectivity index (χ0n) is 18.3. The molecule has 4 N–H and O–H groups in total. The second-order valence-corrected chi connectivity index (χ2v) is 10.1. The van der Waals surface area contributed by atoms with Crippen LogP contribution in [0.1, 0.15) is 37.1 Å². The van der Waals surface area contributed by atoms with Crippen LogP contribution in [-0.2, 0) is 21.4 Å². The monoisotopic (exact) mass is 481 g/mol. The van der Waals surface area contributed by atoms with Gasteiger partial charge in [0.05, 0.1) is 11.9 Å². The topological polar surface area (TPSA) is 138 Å². The molecule has 0 saturated heterocycles. The molecule has 10 nitrogen and oxygen atoms in total. The average molecular weight is 482 g/mol. The number of anilines is 3. The molecule has 1 aromatic heterocycles. The molecule has 3 rings (SSSR count). The van der Waals surface area contributed by atoms with E-state index in [-0.39, 0.29) is 24.4 Å². The summed E-state index contributed by atoms with van der Waals surface area (Å²) >= 11 is 6.10. The third-order valence-electron chi connectivity index (χ3n) is 5.08. The first-order valence-corrected chi connectivity index (χ1v) is 12.6. The Morgan fingerprint density at radius 2 is 1.91 bits per heavy atom. The van der Waals surface area contributed by atoms with Crippen LogP contribution in [0.5, 0.6) is 0 Å².